The number of aliphatic hydroxyl groups excluding tert-OH is 2. The number of ether oxygens (including phenoxy) is 1. The van der Waals surface area contributed by atoms with Crippen LogP contribution in [0.25, 0.3) is 0 Å². The number of allylic oxidation sites excluding steroid dienone is 8. The second-order valence-corrected chi connectivity index (χ2v) is 19.7. The lowest BCUT2D eigenvalue weighted by Crippen LogP contribution is -2.46. The molecule has 3 atom stereocenters. The first-order chi connectivity index (χ1) is 32.5. The molecule has 3 N–H and O–H groups in total. The van der Waals surface area contributed by atoms with E-state index in [0.717, 1.165) is 83.5 Å². The summed E-state index contributed by atoms with van der Waals surface area (Å²) in [5, 5.41) is 23.9. The lowest BCUT2D eigenvalue weighted by molar-refractivity contribution is -0.151. The van der Waals surface area contributed by atoms with Gasteiger partial charge >= 0.3 is 5.97 Å². The van der Waals surface area contributed by atoms with E-state index in [1.54, 1.807) is 0 Å². The third-order valence-corrected chi connectivity index (χ3v) is 13.2. The second-order valence-electron chi connectivity index (χ2n) is 19.7. The summed E-state index contributed by atoms with van der Waals surface area (Å²) in [5.74, 6) is -0.494. The molecule has 1 amide bonds. The Morgan fingerprint density at radius 2 is 0.788 bits per heavy atom. The molecule has 0 aliphatic heterocycles. The summed E-state index contributed by atoms with van der Waals surface area (Å²) in [6.45, 7) is 6.48. The average Bonchev–Trinajstić information content (AvgIpc) is 3.31. The summed E-state index contributed by atoms with van der Waals surface area (Å²) in [6, 6.07) is -0.709. The van der Waals surface area contributed by atoms with Crippen LogP contribution in [0.4, 0.5) is 0 Å². The molecule has 0 rings (SSSR count). The lowest BCUT2D eigenvalue weighted by Gasteiger charge is -2.24. The van der Waals surface area contributed by atoms with Crippen molar-refractivity contribution in [2.24, 2.45) is 0 Å². The predicted octanol–water partition coefficient (Wildman–Crippen LogP) is 17.8. The molecule has 0 aromatic rings. The standard InChI is InChI=1S/C60H111NO5/c1-4-7-10-13-16-19-22-25-28-29-30-32-35-38-41-44-47-50-53-60(65)66-56(51-48-45-42-39-36-33-31-26-23-20-17-14-11-8-5-2)54-59(64)61-57(55-62)58(63)52-49-46-43-40-37-34-27-24-21-18-15-12-9-6-3/h22,25-26,28-32,56-58,62-63H,4-21,23-24,27,33-55H2,1-3H3,(H,61,64)/b25-22+,29-28+,31-26+,32-30+. The summed E-state index contributed by atoms with van der Waals surface area (Å²) in [6.07, 6.45) is 66.0. The maximum Gasteiger partial charge on any atom is 0.306 e. The molecule has 386 valence electrons. The Morgan fingerprint density at radius 1 is 0.439 bits per heavy atom. The topological polar surface area (TPSA) is 95.9 Å². The Bertz CT molecular complexity index is 1130. The molecule has 0 radical (unpaired) electrons. The molecular weight excluding hydrogens is 815 g/mol. The third-order valence-electron chi connectivity index (χ3n) is 13.2. The van der Waals surface area contributed by atoms with Crippen LogP contribution in [0.2, 0.25) is 0 Å². The van der Waals surface area contributed by atoms with E-state index in [1.165, 1.54) is 167 Å². The van der Waals surface area contributed by atoms with Crippen molar-refractivity contribution in [3.8, 4) is 0 Å². The van der Waals surface area contributed by atoms with Crippen LogP contribution in [-0.4, -0.2) is 46.9 Å². The Balaban J connectivity index is 4.60. The monoisotopic (exact) mass is 926 g/mol. The molecule has 6 heteroatoms. The minimum Gasteiger partial charge on any atom is -0.462 e. The molecule has 0 aliphatic carbocycles. The van der Waals surface area contributed by atoms with Gasteiger partial charge in [-0.3, -0.25) is 9.59 Å². The predicted molar refractivity (Wildman–Crippen MR) is 287 cm³/mol. The number of carbonyl (C=O) groups is 2. The maximum atomic E-state index is 13.3. The van der Waals surface area contributed by atoms with Crippen molar-refractivity contribution in [1.82, 2.24) is 5.32 Å². The van der Waals surface area contributed by atoms with Crippen LogP contribution >= 0.6 is 0 Å². The van der Waals surface area contributed by atoms with Crippen LogP contribution in [0.1, 0.15) is 297 Å². The Labute approximate surface area is 410 Å². The Hall–Kier alpha value is -2.18. The molecule has 0 saturated heterocycles. The largest absolute Gasteiger partial charge is 0.462 e. The highest BCUT2D eigenvalue weighted by atomic mass is 16.5. The van der Waals surface area contributed by atoms with Gasteiger partial charge in [-0.2, -0.15) is 0 Å². The van der Waals surface area contributed by atoms with Gasteiger partial charge in [0.05, 0.1) is 25.2 Å². The van der Waals surface area contributed by atoms with Gasteiger partial charge in [-0.1, -0.05) is 256 Å². The van der Waals surface area contributed by atoms with Crippen LogP contribution in [0.5, 0.6) is 0 Å². The fourth-order valence-electron chi connectivity index (χ4n) is 8.78. The molecule has 0 aromatic carbocycles. The first kappa shape index (κ1) is 63.8. The smallest absolute Gasteiger partial charge is 0.306 e. The SMILES string of the molecule is CCCCCCC/C=C/C=C/C=C/CCCCCCCC(=O)OC(CCCCCCC/C=C/CCCCCCCC)CC(=O)NC(CO)C(O)CCCCCCCCCCCCCCCC. The number of esters is 1. The van der Waals surface area contributed by atoms with Gasteiger partial charge in [-0.05, 0) is 77.0 Å². The molecule has 6 nitrogen and oxygen atoms in total. The van der Waals surface area contributed by atoms with Crippen molar-refractivity contribution >= 4 is 11.9 Å². The second kappa shape index (κ2) is 53.8. The first-order valence-electron chi connectivity index (χ1n) is 28.9. The van der Waals surface area contributed by atoms with Crippen molar-refractivity contribution < 1.29 is 24.5 Å². The molecule has 0 aliphatic rings. The molecule has 3 unspecified atom stereocenters. The van der Waals surface area contributed by atoms with Crippen LogP contribution in [-0.2, 0) is 14.3 Å². The van der Waals surface area contributed by atoms with Gasteiger partial charge in [0, 0.05) is 6.42 Å². The van der Waals surface area contributed by atoms with E-state index in [1.807, 2.05) is 0 Å². The van der Waals surface area contributed by atoms with Crippen molar-refractivity contribution in [3.05, 3.63) is 48.6 Å². The summed E-state index contributed by atoms with van der Waals surface area (Å²) in [5.41, 5.74) is 0. The third kappa shape index (κ3) is 48.3. The Morgan fingerprint density at radius 3 is 1.20 bits per heavy atom. The van der Waals surface area contributed by atoms with Crippen LogP contribution in [0.3, 0.4) is 0 Å². The van der Waals surface area contributed by atoms with Gasteiger partial charge in [0.1, 0.15) is 6.10 Å². The van der Waals surface area contributed by atoms with Crippen molar-refractivity contribution in [3.63, 3.8) is 0 Å². The van der Waals surface area contributed by atoms with E-state index in [9.17, 15) is 19.8 Å². The average molecular weight is 927 g/mol. The highest BCUT2D eigenvalue weighted by Crippen LogP contribution is 2.18. The normalized spacial score (nSPS) is 13.5. The molecule has 0 spiro atoms. The van der Waals surface area contributed by atoms with Gasteiger partial charge in [0.15, 0.2) is 0 Å². The number of nitrogens with one attached hydrogen (secondary N) is 1. The van der Waals surface area contributed by atoms with E-state index in [4.69, 9.17) is 4.74 Å². The summed E-state index contributed by atoms with van der Waals surface area (Å²) >= 11 is 0. The van der Waals surface area contributed by atoms with Gasteiger partial charge in [0.25, 0.3) is 0 Å². The number of hydrogen-bond donors (Lipinski definition) is 3. The highest BCUT2D eigenvalue weighted by Gasteiger charge is 2.24. The van der Waals surface area contributed by atoms with E-state index < -0.39 is 18.2 Å². The van der Waals surface area contributed by atoms with Gasteiger partial charge in [0.2, 0.25) is 5.91 Å². The number of unbranched alkanes of at least 4 members (excludes halogenated alkanes) is 34. The molecule has 66 heavy (non-hydrogen) atoms. The number of carbonyl (C=O) groups excluding carboxylic acids is 2. The summed E-state index contributed by atoms with van der Waals surface area (Å²) < 4.78 is 5.95. The number of hydrogen-bond acceptors (Lipinski definition) is 5. The first-order valence-corrected chi connectivity index (χ1v) is 28.9. The summed E-state index contributed by atoms with van der Waals surface area (Å²) in [4.78, 5) is 26.3. The minimum absolute atomic E-state index is 0.0648. The lowest BCUT2D eigenvalue weighted by atomic mass is 10.0. The molecule has 0 heterocycles. The van der Waals surface area contributed by atoms with E-state index in [2.05, 4.69) is 74.7 Å². The Kier molecular flexibility index (Phi) is 52.0. The van der Waals surface area contributed by atoms with Crippen molar-refractivity contribution in [1.29, 1.82) is 0 Å². The minimum atomic E-state index is -0.794. The zero-order valence-electron chi connectivity index (χ0n) is 44.1. The molecular formula is C60H111NO5. The fourth-order valence-corrected chi connectivity index (χ4v) is 8.78. The van der Waals surface area contributed by atoms with Gasteiger partial charge in [-0.15, -0.1) is 0 Å². The molecule has 0 saturated carbocycles. The van der Waals surface area contributed by atoms with Crippen molar-refractivity contribution in [2.45, 2.75) is 315 Å². The molecule has 0 bridgehead atoms. The van der Waals surface area contributed by atoms with E-state index in [-0.39, 0.29) is 24.9 Å². The van der Waals surface area contributed by atoms with Crippen LogP contribution < -0.4 is 5.32 Å². The van der Waals surface area contributed by atoms with Gasteiger partial charge in [-0.25, -0.2) is 0 Å². The zero-order chi connectivity index (χ0) is 48.1. The fraction of sp³-hybridized carbons (Fsp3) is 0.833. The molecule has 0 aromatic heterocycles. The van der Waals surface area contributed by atoms with Crippen molar-refractivity contribution in [2.75, 3.05) is 6.61 Å². The van der Waals surface area contributed by atoms with Gasteiger partial charge < -0.3 is 20.3 Å². The highest BCUT2D eigenvalue weighted by molar-refractivity contribution is 5.77. The quantitative estimate of drug-likeness (QED) is 0.0244. The molecule has 0 fully saturated rings. The summed E-state index contributed by atoms with van der Waals surface area (Å²) in [7, 11) is 0. The number of rotatable bonds is 52. The zero-order valence-corrected chi connectivity index (χ0v) is 44.1. The number of aliphatic hydroxyl groups is 2. The maximum absolute atomic E-state index is 13.3. The van der Waals surface area contributed by atoms with E-state index >= 15 is 0 Å². The van der Waals surface area contributed by atoms with E-state index in [0.29, 0.717) is 19.3 Å². The van der Waals surface area contributed by atoms with Crippen LogP contribution in [0, 0.1) is 0 Å². The van der Waals surface area contributed by atoms with Crippen LogP contribution in [0.15, 0.2) is 48.6 Å². The number of amides is 1.